The van der Waals surface area contributed by atoms with E-state index in [2.05, 4.69) is 21.5 Å². The summed E-state index contributed by atoms with van der Waals surface area (Å²) in [7, 11) is 1.71. The lowest BCUT2D eigenvalue weighted by Gasteiger charge is -2.27. The smallest absolute Gasteiger partial charge is 0.254 e. The number of carbonyl (C=O) groups is 1. The molecule has 0 aliphatic carbocycles. The van der Waals surface area contributed by atoms with Gasteiger partial charge in [0.15, 0.2) is 0 Å². The summed E-state index contributed by atoms with van der Waals surface area (Å²) in [6, 6.07) is 4.88. The molecule has 2 aliphatic rings. The van der Waals surface area contributed by atoms with Gasteiger partial charge in [0, 0.05) is 48.0 Å². The molecule has 9 heteroatoms. The van der Waals surface area contributed by atoms with Crippen LogP contribution in [0.3, 0.4) is 0 Å². The zero-order chi connectivity index (χ0) is 23.4. The minimum atomic E-state index is -0.540. The summed E-state index contributed by atoms with van der Waals surface area (Å²) < 4.78 is 16.3. The van der Waals surface area contributed by atoms with Gasteiger partial charge in [-0.05, 0) is 36.6 Å². The molecule has 2 N–H and O–H groups in total. The van der Waals surface area contributed by atoms with E-state index in [9.17, 15) is 14.3 Å². The molecule has 0 saturated carbocycles. The molecule has 2 aliphatic heterocycles. The number of amides is 1. The molecule has 33 heavy (non-hydrogen) atoms. The molecule has 0 saturated heterocycles. The second-order valence-corrected chi connectivity index (χ2v) is 9.15. The number of anilines is 1. The van der Waals surface area contributed by atoms with Crippen molar-refractivity contribution in [2.24, 2.45) is 0 Å². The number of aliphatic hydroxyl groups is 1. The maximum atomic E-state index is 14.5. The maximum absolute atomic E-state index is 14.5. The fourth-order valence-electron chi connectivity index (χ4n) is 5.16. The largest absolute Gasteiger partial charge is 0.394 e. The number of nitrogens with zero attached hydrogens (tertiary/aromatic N) is 4. The number of rotatable bonds is 2. The molecule has 2 aromatic heterocycles. The Balaban J connectivity index is 1.79. The molecular weight excluding hydrogens is 445 g/mol. The molecule has 0 fully saturated rings. The van der Waals surface area contributed by atoms with E-state index in [0.29, 0.717) is 24.2 Å². The predicted octanol–water partition coefficient (Wildman–Crippen LogP) is 3.94. The number of halogens is 2. The minimum absolute atomic E-state index is 0.0155. The first kappa shape index (κ1) is 21.9. The van der Waals surface area contributed by atoms with Crippen LogP contribution in [0.25, 0.3) is 11.1 Å². The Morgan fingerprint density at radius 3 is 2.91 bits per heavy atom. The molecule has 4 heterocycles. The van der Waals surface area contributed by atoms with Gasteiger partial charge >= 0.3 is 0 Å². The Hall–Kier alpha value is -2.97. The monoisotopic (exact) mass is 469 g/mol. The maximum Gasteiger partial charge on any atom is 0.254 e. The van der Waals surface area contributed by atoms with Gasteiger partial charge in [-0.25, -0.2) is 9.37 Å². The molecule has 172 valence electrons. The molecule has 2 atom stereocenters. The number of aromatic nitrogens is 3. The zero-order valence-corrected chi connectivity index (χ0v) is 19.4. The van der Waals surface area contributed by atoms with Crippen LogP contribution in [-0.2, 0) is 13.1 Å². The highest BCUT2D eigenvalue weighted by atomic mass is 35.5. The van der Waals surface area contributed by atoms with Crippen molar-refractivity contribution in [2.45, 2.75) is 38.8 Å². The van der Waals surface area contributed by atoms with Gasteiger partial charge in [0.1, 0.15) is 11.6 Å². The molecule has 2 bridgehead atoms. The van der Waals surface area contributed by atoms with Crippen LogP contribution < -0.4 is 5.32 Å². The minimum Gasteiger partial charge on any atom is -0.394 e. The second kappa shape index (κ2) is 8.11. The third-order valence-corrected chi connectivity index (χ3v) is 7.18. The number of nitrogens with one attached hydrogen (secondary N) is 1. The lowest BCUT2D eigenvalue weighted by atomic mass is 9.81. The Morgan fingerprint density at radius 2 is 2.15 bits per heavy atom. The summed E-state index contributed by atoms with van der Waals surface area (Å²) >= 11 is 6.46. The highest BCUT2D eigenvalue weighted by molar-refractivity contribution is 6.32. The normalized spacial score (nSPS) is 19.5. The molecule has 7 nitrogen and oxygen atoms in total. The van der Waals surface area contributed by atoms with Crippen molar-refractivity contribution in [3.05, 3.63) is 63.3 Å². The summed E-state index contributed by atoms with van der Waals surface area (Å²) in [5.41, 5.74) is 5.34. The predicted molar refractivity (Wildman–Crippen MR) is 124 cm³/mol. The van der Waals surface area contributed by atoms with Crippen molar-refractivity contribution in [3.63, 3.8) is 0 Å². The Morgan fingerprint density at radius 1 is 1.36 bits per heavy atom. The number of fused-ring (bicyclic) bond motifs is 4. The lowest BCUT2D eigenvalue weighted by molar-refractivity contribution is 0.0779. The summed E-state index contributed by atoms with van der Waals surface area (Å²) in [6.45, 7) is 5.01. The number of hydrogen-bond donors (Lipinski definition) is 2. The first-order chi connectivity index (χ1) is 15.8. The van der Waals surface area contributed by atoms with Crippen LogP contribution >= 0.6 is 11.6 Å². The van der Waals surface area contributed by atoms with Gasteiger partial charge < -0.3 is 15.3 Å². The van der Waals surface area contributed by atoms with Gasteiger partial charge in [-0.1, -0.05) is 18.5 Å². The van der Waals surface area contributed by atoms with Gasteiger partial charge in [-0.3, -0.25) is 9.48 Å². The van der Waals surface area contributed by atoms with Crippen LogP contribution in [0, 0.1) is 12.7 Å². The van der Waals surface area contributed by atoms with E-state index in [1.807, 2.05) is 20.0 Å². The highest BCUT2D eigenvalue weighted by Gasteiger charge is 2.35. The van der Waals surface area contributed by atoms with Gasteiger partial charge in [0.05, 0.1) is 36.1 Å². The number of pyridine rings is 1. The van der Waals surface area contributed by atoms with Crippen LogP contribution in [0.4, 0.5) is 10.2 Å². The number of aliphatic hydroxyl groups excluding tert-OH is 1. The number of aryl methyl sites for hydroxylation is 1. The number of benzene rings is 1. The van der Waals surface area contributed by atoms with Crippen LogP contribution in [0.15, 0.2) is 24.4 Å². The molecule has 0 spiro atoms. The SMILES string of the molecule is Cc1nn(CCO)c2c1-c1cnc3c(c1)C(CN3)[C@H](C)c1c(ccc(F)c1Cl)C(=O)N(C)C2. The van der Waals surface area contributed by atoms with Gasteiger partial charge in [0.25, 0.3) is 5.91 Å². The first-order valence-electron chi connectivity index (χ1n) is 11.0. The number of carbonyl (C=O) groups excluding carboxylic acids is 1. The highest BCUT2D eigenvalue weighted by Crippen LogP contribution is 2.45. The van der Waals surface area contributed by atoms with Crippen molar-refractivity contribution in [2.75, 3.05) is 25.5 Å². The number of hydrogen-bond acceptors (Lipinski definition) is 5. The van der Waals surface area contributed by atoms with Crippen molar-refractivity contribution >= 4 is 23.3 Å². The van der Waals surface area contributed by atoms with Crippen LogP contribution in [0.1, 0.15) is 51.6 Å². The van der Waals surface area contributed by atoms with E-state index >= 15 is 0 Å². The summed E-state index contributed by atoms with van der Waals surface area (Å²) in [5, 5.41) is 17.5. The standard InChI is InChI=1S/C24H25ClFN5O2/c1-12-17-10-28-23-16(17)8-14(9-27-23)21-13(2)29-31(6-7-32)19(21)11-30(3)24(33)15-4-5-18(26)22(25)20(12)15/h4-5,8-9,12,17,32H,6-7,10-11H2,1-3H3,(H,27,28)/t12-,17?/m0/s1. The van der Waals surface area contributed by atoms with E-state index in [0.717, 1.165) is 33.9 Å². The third kappa shape index (κ3) is 3.40. The zero-order valence-electron chi connectivity index (χ0n) is 18.7. The van der Waals surface area contributed by atoms with Crippen molar-refractivity contribution in [1.82, 2.24) is 19.7 Å². The average molecular weight is 470 g/mol. The average Bonchev–Trinajstić information content (AvgIpc) is 3.34. The first-order valence-corrected chi connectivity index (χ1v) is 11.3. The second-order valence-electron chi connectivity index (χ2n) is 8.78. The lowest BCUT2D eigenvalue weighted by Crippen LogP contribution is -2.30. The van der Waals surface area contributed by atoms with E-state index in [1.165, 1.54) is 12.1 Å². The van der Waals surface area contributed by atoms with E-state index in [1.54, 1.807) is 16.6 Å². The Labute approximate surface area is 196 Å². The van der Waals surface area contributed by atoms with E-state index < -0.39 is 5.82 Å². The third-order valence-electron chi connectivity index (χ3n) is 6.79. The summed E-state index contributed by atoms with van der Waals surface area (Å²) in [6.07, 6.45) is 1.81. The molecule has 0 radical (unpaired) electrons. The van der Waals surface area contributed by atoms with Crippen LogP contribution in [0.5, 0.6) is 0 Å². The Bertz CT molecular complexity index is 1270. The fraction of sp³-hybridized carbons (Fsp3) is 0.375. The quantitative estimate of drug-likeness (QED) is 0.594. The molecular formula is C24H25ClFN5O2. The fourth-order valence-corrected chi connectivity index (χ4v) is 5.49. The molecule has 1 unspecified atom stereocenters. The van der Waals surface area contributed by atoms with Gasteiger partial charge in [-0.2, -0.15) is 5.10 Å². The van der Waals surface area contributed by atoms with Gasteiger partial charge in [-0.15, -0.1) is 0 Å². The van der Waals surface area contributed by atoms with E-state index in [4.69, 9.17) is 11.6 Å². The van der Waals surface area contributed by atoms with Gasteiger partial charge in [0.2, 0.25) is 0 Å². The van der Waals surface area contributed by atoms with Crippen molar-refractivity contribution in [3.8, 4) is 11.1 Å². The molecule has 5 rings (SSSR count). The van der Waals surface area contributed by atoms with Crippen molar-refractivity contribution in [1.29, 1.82) is 0 Å². The molecule has 1 amide bonds. The topological polar surface area (TPSA) is 83.3 Å². The van der Waals surface area contributed by atoms with E-state index in [-0.39, 0.29) is 35.9 Å². The summed E-state index contributed by atoms with van der Waals surface area (Å²) in [4.78, 5) is 19.8. The van der Waals surface area contributed by atoms with Crippen LogP contribution in [-0.4, -0.2) is 50.9 Å². The molecule has 1 aromatic carbocycles. The van der Waals surface area contributed by atoms with Crippen LogP contribution in [0.2, 0.25) is 5.02 Å². The molecule has 3 aromatic rings. The van der Waals surface area contributed by atoms with Crippen molar-refractivity contribution < 1.29 is 14.3 Å². The Kier molecular flexibility index (Phi) is 5.37. The summed E-state index contributed by atoms with van der Waals surface area (Å²) in [5.74, 6) is -0.260.